The molecule has 8 heteroatoms. The Morgan fingerprint density at radius 2 is 1.10 bits per heavy atom. The number of likely N-dealkylation sites (N-methyl/N-ethyl adjacent to an activating group) is 1. The molecule has 8 aliphatic rings. The molecule has 0 aromatic heterocycles. The average molecular weight is 1090 g/mol. The van der Waals surface area contributed by atoms with Crippen molar-refractivity contribution in [1.29, 1.82) is 0 Å². The fourth-order valence-corrected chi connectivity index (χ4v) is 16.5. The van der Waals surface area contributed by atoms with E-state index >= 15 is 0 Å². The predicted molar refractivity (Wildman–Crippen MR) is 332 cm³/mol. The van der Waals surface area contributed by atoms with Crippen LogP contribution in [0.2, 0.25) is 0 Å². The van der Waals surface area contributed by atoms with Gasteiger partial charge in [-0.15, -0.1) is 0 Å². The van der Waals surface area contributed by atoms with Gasteiger partial charge in [-0.05, 0) is 205 Å². The summed E-state index contributed by atoms with van der Waals surface area (Å²) in [6.07, 6.45) is 39.9. The first kappa shape index (κ1) is 65.4. The highest BCUT2D eigenvalue weighted by atomic mass is 16.5. The van der Waals surface area contributed by atoms with Crippen molar-refractivity contribution in [2.24, 2.45) is 64.1 Å². The van der Waals surface area contributed by atoms with E-state index in [4.69, 9.17) is 9.84 Å². The normalized spacial score (nSPS) is 33.1. The number of carbonyl (C=O) groups excluding carboxylic acids is 1. The molecule has 0 spiro atoms. The summed E-state index contributed by atoms with van der Waals surface area (Å²) in [6.45, 7) is 38.6. The van der Waals surface area contributed by atoms with Crippen molar-refractivity contribution in [3.63, 3.8) is 0 Å². The van der Waals surface area contributed by atoms with Crippen LogP contribution < -0.4 is 0 Å². The van der Waals surface area contributed by atoms with Gasteiger partial charge in [0.2, 0.25) is 0 Å². The van der Waals surface area contributed by atoms with Crippen molar-refractivity contribution >= 4 is 11.9 Å². The van der Waals surface area contributed by atoms with E-state index in [9.17, 15) is 14.7 Å². The van der Waals surface area contributed by atoms with Gasteiger partial charge in [0.1, 0.15) is 6.10 Å². The van der Waals surface area contributed by atoms with Crippen molar-refractivity contribution in [3.8, 4) is 0 Å². The SMILES string of the molecule is C=C1CC[C@H](O)C/C1=C\C=C1/CCC[C@@]2(C)C1CC[C@@H]2[C@H](C)CCCC(C)C.C=C1CC[C@H](OC(=O)CCN2CCC(C)CC2)C/C1=C\C=C1/CCC[C@@]2(C)C1CC[C@@H]2[C@H](C)CCCC(C)C.CN1CCN(CCC(=O)O)CC1. The second-order valence-corrected chi connectivity index (χ2v) is 28.7. The van der Waals surface area contributed by atoms with Gasteiger partial charge >= 0.3 is 11.9 Å². The molecule has 6 saturated carbocycles. The first-order chi connectivity index (χ1) is 37.6. The number of likely N-dealkylation sites (tertiary alicyclic amines) is 1. The Labute approximate surface area is 484 Å². The summed E-state index contributed by atoms with van der Waals surface area (Å²) in [6, 6.07) is 0. The van der Waals surface area contributed by atoms with E-state index in [2.05, 4.69) is 122 Å². The van der Waals surface area contributed by atoms with Crippen molar-refractivity contribution in [2.45, 2.75) is 241 Å². The molecule has 0 aromatic carbocycles. The lowest BCUT2D eigenvalue weighted by Gasteiger charge is -2.44. The molecule has 2 aliphatic heterocycles. The van der Waals surface area contributed by atoms with Crippen LogP contribution in [-0.2, 0) is 14.3 Å². The van der Waals surface area contributed by atoms with Crippen LogP contribution in [0.5, 0.6) is 0 Å². The number of piperazine rings is 1. The Hall–Kier alpha value is -2.78. The predicted octanol–water partition coefficient (Wildman–Crippen LogP) is 16.6. The van der Waals surface area contributed by atoms with Crippen LogP contribution in [0.4, 0.5) is 0 Å². The van der Waals surface area contributed by atoms with E-state index < -0.39 is 5.97 Å². The van der Waals surface area contributed by atoms with Gasteiger partial charge in [-0.1, -0.05) is 161 Å². The molecule has 448 valence electrons. The molecule has 2 unspecified atom stereocenters. The topological polar surface area (TPSA) is 93.6 Å². The number of hydrogen-bond donors (Lipinski definition) is 2. The maximum atomic E-state index is 12.7. The fraction of sp³-hybridized carbons (Fsp3) is 0.803. The van der Waals surface area contributed by atoms with E-state index in [0.29, 0.717) is 23.8 Å². The highest BCUT2D eigenvalue weighted by Gasteiger charge is 2.52. The summed E-state index contributed by atoms with van der Waals surface area (Å²) in [7, 11) is 2.09. The van der Waals surface area contributed by atoms with Crippen molar-refractivity contribution in [2.75, 3.05) is 59.4 Å². The van der Waals surface area contributed by atoms with Gasteiger partial charge in [-0.3, -0.25) is 9.59 Å². The monoisotopic (exact) mass is 1090 g/mol. The van der Waals surface area contributed by atoms with Crippen LogP contribution in [0, 0.1) is 64.1 Å². The molecule has 8 nitrogen and oxygen atoms in total. The van der Waals surface area contributed by atoms with Crippen LogP contribution in [-0.4, -0.2) is 108 Å². The van der Waals surface area contributed by atoms with Crippen LogP contribution in [0.25, 0.3) is 0 Å². The zero-order valence-electron chi connectivity index (χ0n) is 52.6. The molecule has 2 heterocycles. The Morgan fingerprint density at radius 1 is 0.620 bits per heavy atom. The smallest absolute Gasteiger partial charge is 0.307 e. The average Bonchev–Trinajstić information content (AvgIpc) is 4.16. The minimum Gasteiger partial charge on any atom is -0.481 e. The third-order valence-corrected chi connectivity index (χ3v) is 21.7. The number of carbonyl (C=O) groups is 2. The number of fused-ring (bicyclic) bond motifs is 2. The number of rotatable bonds is 19. The summed E-state index contributed by atoms with van der Waals surface area (Å²) in [4.78, 5) is 29.8. The fourth-order valence-electron chi connectivity index (χ4n) is 16.5. The zero-order valence-corrected chi connectivity index (χ0v) is 52.6. The number of carboxylic acid groups (broad SMARTS) is 1. The van der Waals surface area contributed by atoms with Crippen LogP contribution in [0.1, 0.15) is 229 Å². The van der Waals surface area contributed by atoms with Gasteiger partial charge in [0, 0.05) is 45.7 Å². The van der Waals surface area contributed by atoms with Crippen molar-refractivity contribution in [3.05, 3.63) is 70.9 Å². The maximum Gasteiger partial charge on any atom is 0.307 e. The molecular weight excluding hydrogens is 975 g/mol. The van der Waals surface area contributed by atoms with Gasteiger partial charge in [0.15, 0.2) is 0 Å². The summed E-state index contributed by atoms with van der Waals surface area (Å²) in [5.41, 5.74) is 9.40. The number of piperidine rings is 1. The van der Waals surface area contributed by atoms with E-state index in [1.165, 1.54) is 138 Å². The first-order valence-electron chi connectivity index (χ1n) is 33.0. The Morgan fingerprint density at radius 3 is 1.61 bits per heavy atom. The Bertz CT molecular complexity index is 2070. The molecular formula is C71H119N3O5. The molecule has 2 saturated heterocycles. The Kier molecular flexibility index (Phi) is 26.3. The van der Waals surface area contributed by atoms with Crippen molar-refractivity contribution < 1.29 is 24.5 Å². The minimum atomic E-state index is -0.700. The second-order valence-electron chi connectivity index (χ2n) is 28.7. The largest absolute Gasteiger partial charge is 0.481 e. The number of aliphatic hydroxyl groups excluding tert-OH is 1. The summed E-state index contributed by atoms with van der Waals surface area (Å²) < 4.78 is 5.98. The summed E-state index contributed by atoms with van der Waals surface area (Å²) >= 11 is 0. The van der Waals surface area contributed by atoms with Crippen molar-refractivity contribution in [1.82, 2.24) is 14.7 Å². The molecule has 79 heavy (non-hydrogen) atoms. The third-order valence-electron chi connectivity index (χ3n) is 21.7. The first-order valence-corrected chi connectivity index (χ1v) is 33.0. The highest BCUT2D eigenvalue weighted by molar-refractivity contribution is 5.70. The van der Waals surface area contributed by atoms with Gasteiger partial charge < -0.3 is 29.6 Å². The van der Waals surface area contributed by atoms with Gasteiger partial charge in [0.05, 0.1) is 18.9 Å². The molecule has 8 rings (SSSR count). The van der Waals surface area contributed by atoms with Crippen LogP contribution in [0.15, 0.2) is 70.9 Å². The minimum absolute atomic E-state index is 0.00759. The maximum absolute atomic E-state index is 12.7. The standard InChI is InChI=1S/C36H59NO2.C27H44O.C8H16N2O2/c1-26(2)9-7-10-29(5)33-16-17-34-30(11-8-21-36(33,34)6)13-14-31-25-32(15-12-28(31)4)39-35(38)20-24-37-22-18-27(3)19-23-37;1-19(2)8-6-9-21(4)25-15-16-26-22(10-7-17-27(25,26)5)12-13-23-18-24(28)14-11-20(23)3;1-9-4-6-10(7-5-9)3-2-8(11)12/h13-14,26-27,29,32-34H,4,7-12,15-25H2,1-3,5-6H3;12-13,19,21,24-26,28H,3,6-11,14-18H2,1-2,4-5H3;2-7H2,1H3,(H,11,12)/b30-13+,31-14+;22-12+,23-13+;/t29-,32+,33-,34?,36-;21-,24+,25-,26?,27-;/m11./s1. The van der Waals surface area contributed by atoms with Crippen LogP contribution in [0.3, 0.4) is 0 Å². The lowest BCUT2D eigenvalue weighted by Crippen LogP contribution is -2.44. The zero-order chi connectivity index (χ0) is 57.3. The molecule has 0 bridgehead atoms. The van der Waals surface area contributed by atoms with Gasteiger partial charge in [-0.2, -0.15) is 0 Å². The van der Waals surface area contributed by atoms with Gasteiger partial charge in [-0.25, -0.2) is 0 Å². The number of allylic oxidation sites excluding steroid dienone is 8. The summed E-state index contributed by atoms with van der Waals surface area (Å²) in [5.74, 6) is 6.74. The van der Waals surface area contributed by atoms with Crippen LogP contribution >= 0.6 is 0 Å². The summed E-state index contributed by atoms with van der Waals surface area (Å²) in [5, 5.41) is 18.5. The molecule has 0 aromatic rings. The third kappa shape index (κ3) is 19.7. The van der Waals surface area contributed by atoms with E-state index in [1.807, 2.05) is 0 Å². The molecule has 6 aliphatic carbocycles. The molecule has 0 radical (unpaired) electrons. The number of carboxylic acids is 1. The van der Waals surface area contributed by atoms with E-state index in [0.717, 1.165) is 138 Å². The number of hydrogen-bond acceptors (Lipinski definition) is 7. The lowest BCUT2D eigenvalue weighted by molar-refractivity contribution is -0.150. The highest BCUT2D eigenvalue weighted by Crippen LogP contribution is 2.61. The molecule has 0 amide bonds. The number of ether oxygens (including phenoxy) is 1. The number of esters is 1. The molecule has 8 fully saturated rings. The molecule has 10 atom stereocenters. The van der Waals surface area contributed by atoms with E-state index in [-0.39, 0.29) is 24.6 Å². The quantitative estimate of drug-likeness (QED) is 0.124. The van der Waals surface area contributed by atoms with Gasteiger partial charge in [0.25, 0.3) is 0 Å². The lowest BCUT2D eigenvalue weighted by atomic mass is 9.60. The number of nitrogens with zero attached hydrogens (tertiary/aromatic N) is 3. The second kappa shape index (κ2) is 31.8. The molecule has 2 N–H and O–H groups in total. The number of aliphatic hydroxyl groups is 1. The Balaban J connectivity index is 0.000000218. The number of aliphatic carboxylic acids is 1. The van der Waals surface area contributed by atoms with E-state index in [1.54, 1.807) is 11.1 Å².